The van der Waals surface area contributed by atoms with E-state index in [-0.39, 0.29) is 94.1 Å². The number of benzene rings is 5. The number of hydrogen-bond donors (Lipinski definition) is 0. The van der Waals surface area contributed by atoms with Crippen LogP contribution in [0.25, 0.3) is 0 Å². The third kappa shape index (κ3) is 21.4. The average molecular weight is 932 g/mol. The van der Waals surface area contributed by atoms with Crippen molar-refractivity contribution in [1.29, 1.82) is 0 Å². The summed E-state index contributed by atoms with van der Waals surface area (Å²) in [5, 5.41) is 0. The van der Waals surface area contributed by atoms with Crippen LogP contribution in [0.5, 0.6) is 0 Å². The fourth-order valence-corrected chi connectivity index (χ4v) is 7.46. The van der Waals surface area contributed by atoms with E-state index < -0.39 is 34.9 Å². The van der Waals surface area contributed by atoms with Crippen LogP contribution in [0.2, 0.25) is 0 Å². The Hall–Kier alpha value is -2.81. The first-order valence-corrected chi connectivity index (χ1v) is 21.1. The molecule has 0 radical (unpaired) electrons. The molecule has 0 heterocycles. The molecule has 2 aliphatic carbocycles. The van der Waals surface area contributed by atoms with Crippen molar-refractivity contribution in [2.45, 2.75) is 149 Å². The van der Waals surface area contributed by atoms with E-state index in [2.05, 4.69) is 27.7 Å². The molecule has 2 aliphatic rings. The van der Waals surface area contributed by atoms with Gasteiger partial charge in [0.1, 0.15) is 5.82 Å². The number of aryl methyl sites for hydroxylation is 4. The molecule has 0 N–H and O–H groups in total. The monoisotopic (exact) mass is 932 g/mol. The Morgan fingerprint density at radius 1 is 0.431 bits per heavy atom. The van der Waals surface area contributed by atoms with E-state index in [1.807, 2.05) is 62.4 Å². The van der Waals surface area contributed by atoms with Gasteiger partial charge in [0, 0.05) is 12.8 Å². The van der Waals surface area contributed by atoms with Gasteiger partial charge in [0.15, 0.2) is 23.3 Å². The van der Waals surface area contributed by atoms with E-state index in [1.54, 1.807) is 31.2 Å². The molecule has 0 aromatic heterocycles. The summed E-state index contributed by atoms with van der Waals surface area (Å²) in [5.41, 5.74) is 6.39. The second kappa shape index (κ2) is 32.8. The second-order valence-corrected chi connectivity index (χ2v) is 17.1. The van der Waals surface area contributed by atoms with Gasteiger partial charge in [0.05, 0.1) is 5.82 Å². The summed E-state index contributed by atoms with van der Waals surface area (Å²) >= 11 is 0. The summed E-state index contributed by atoms with van der Waals surface area (Å²) in [6.45, 7) is 19.1. The predicted octanol–water partition coefficient (Wildman–Crippen LogP) is 15.7. The van der Waals surface area contributed by atoms with Gasteiger partial charge in [-0.1, -0.05) is 173 Å². The van der Waals surface area contributed by atoms with Crippen molar-refractivity contribution in [3.63, 3.8) is 0 Å². The Balaban J connectivity index is -0.000000825. The average Bonchev–Trinajstić information content (AvgIpc) is 3.23. The van der Waals surface area contributed by atoms with Crippen molar-refractivity contribution in [3.05, 3.63) is 189 Å². The maximum Gasteiger partial charge on any atom is 1.00 e. The Morgan fingerprint density at radius 2 is 0.769 bits per heavy atom. The van der Waals surface area contributed by atoms with Crippen molar-refractivity contribution < 1.29 is 77.7 Å². The molecule has 7 heteroatoms. The van der Waals surface area contributed by atoms with Gasteiger partial charge in [-0.3, -0.25) is 4.39 Å². The molecule has 5 aromatic rings. The zero-order chi connectivity index (χ0) is 43.2. The summed E-state index contributed by atoms with van der Waals surface area (Å²) in [6.07, 6.45) is 11.8. The molecule has 0 atom stereocenters. The maximum atomic E-state index is 14.4. The molecule has 5 aromatic carbocycles. The molecule has 65 heavy (non-hydrogen) atoms. The van der Waals surface area contributed by atoms with Crippen LogP contribution in [0.4, 0.5) is 26.3 Å². The third-order valence-corrected chi connectivity index (χ3v) is 11.8. The van der Waals surface area contributed by atoms with E-state index in [0.29, 0.717) is 53.0 Å². The van der Waals surface area contributed by atoms with Gasteiger partial charge >= 0.3 is 51.4 Å². The van der Waals surface area contributed by atoms with Gasteiger partial charge in [0.2, 0.25) is 0 Å². The summed E-state index contributed by atoms with van der Waals surface area (Å²) in [7, 11) is 0. The minimum absolute atomic E-state index is 0. The molecule has 2 fully saturated rings. The molecule has 358 valence electrons. The van der Waals surface area contributed by atoms with E-state index in [4.69, 9.17) is 0 Å². The van der Waals surface area contributed by atoms with Gasteiger partial charge < -0.3 is 6.92 Å². The van der Waals surface area contributed by atoms with E-state index in [9.17, 15) is 26.3 Å². The van der Waals surface area contributed by atoms with Gasteiger partial charge in [-0.05, 0) is 104 Å². The molecule has 0 unspecified atom stereocenters. The van der Waals surface area contributed by atoms with E-state index in [1.165, 1.54) is 57.6 Å². The topological polar surface area (TPSA) is 0 Å². The SMILES string of the molecule is C.C.C.C.C.Cc1ccc(CC2CCC(C)CC2)c(F)c1F.Cc1ccc(Cc2ccc(Cc3ccc(C)cc3)c(F)c2F)cc1.[CH2-]C1CCC(C)CC1.[CH2-]c1ccc(C)c(F)c1F.[K+]. The van der Waals surface area contributed by atoms with Crippen molar-refractivity contribution in [1.82, 2.24) is 0 Å². The van der Waals surface area contributed by atoms with Crippen LogP contribution in [0.3, 0.4) is 0 Å². The third-order valence-electron chi connectivity index (χ3n) is 11.8. The Labute approximate surface area is 436 Å². The molecule has 0 aliphatic heterocycles. The van der Waals surface area contributed by atoms with Crippen LogP contribution >= 0.6 is 0 Å². The van der Waals surface area contributed by atoms with Crippen molar-refractivity contribution in [2.24, 2.45) is 23.7 Å². The first-order valence-electron chi connectivity index (χ1n) is 21.1. The number of halogens is 6. The van der Waals surface area contributed by atoms with Crippen LogP contribution in [-0.2, 0) is 19.3 Å². The van der Waals surface area contributed by atoms with Gasteiger partial charge in [-0.2, -0.15) is 24.5 Å². The smallest absolute Gasteiger partial charge is 0.340 e. The Bertz CT molecular complexity index is 1950. The van der Waals surface area contributed by atoms with Crippen LogP contribution in [0.15, 0.2) is 84.9 Å². The summed E-state index contributed by atoms with van der Waals surface area (Å²) in [4.78, 5) is 0. The first-order chi connectivity index (χ1) is 28.0. The number of hydrogen-bond acceptors (Lipinski definition) is 0. The molecular formula is C58H82F6K-. The zero-order valence-corrected chi connectivity index (χ0v) is 40.0. The maximum absolute atomic E-state index is 14.4. The first kappa shape index (κ1) is 66.5. The minimum atomic E-state index is -0.847. The molecule has 0 saturated heterocycles. The van der Waals surface area contributed by atoms with Crippen LogP contribution in [0, 0.1) is 100 Å². The van der Waals surface area contributed by atoms with Gasteiger partial charge in [-0.15, -0.1) is 6.07 Å². The van der Waals surface area contributed by atoms with Crippen LogP contribution in [0.1, 0.15) is 158 Å². The zero-order valence-electron chi connectivity index (χ0n) is 36.9. The van der Waals surface area contributed by atoms with Gasteiger partial charge in [0.25, 0.3) is 0 Å². The molecule has 0 spiro atoms. The molecule has 0 nitrogen and oxygen atoms in total. The van der Waals surface area contributed by atoms with Crippen LogP contribution < -0.4 is 51.4 Å². The molecule has 0 amide bonds. The minimum Gasteiger partial charge on any atom is -0.340 e. The second-order valence-electron chi connectivity index (χ2n) is 17.1. The summed E-state index contributed by atoms with van der Waals surface area (Å²) in [5.74, 6) is -1.35. The Kier molecular flexibility index (Phi) is 33.6. The van der Waals surface area contributed by atoms with Crippen molar-refractivity contribution in [2.75, 3.05) is 0 Å². The number of rotatable bonds is 6. The fourth-order valence-electron chi connectivity index (χ4n) is 7.46. The van der Waals surface area contributed by atoms with Gasteiger partial charge in [-0.25, -0.2) is 22.0 Å². The Morgan fingerprint density at radius 3 is 1.15 bits per heavy atom. The van der Waals surface area contributed by atoms with E-state index >= 15 is 0 Å². The fraction of sp³-hybridized carbons (Fsp3) is 0.448. The van der Waals surface area contributed by atoms with Crippen molar-refractivity contribution in [3.8, 4) is 0 Å². The summed E-state index contributed by atoms with van der Waals surface area (Å²) in [6, 6.07) is 25.5. The molecular weight excluding hydrogens is 850 g/mol. The molecule has 2 saturated carbocycles. The molecule has 0 bridgehead atoms. The van der Waals surface area contributed by atoms with Crippen LogP contribution in [-0.4, -0.2) is 0 Å². The quantitative estimate of drug-likeness (QED) is 0.0904. The molecule has 7 rings (SSSR count). The largest absolute Gasteiger partial charge is 1.00 e. The van der Waals surface area contributed by atoms with Crippen molar-refractivity contribution >= 4 is 0 Å². The predicted molar refractivity (Wildman–Crippen MR) is 266 cm³/mol. The standard InChI is InChI=1S/C22H20F2.C15H20F2.C8H7F2.C8H15.5CH4.K/c1-15-3-7-17(8-4-15)13-19-11-12-20(22(24)21(19)23)14-18-9-5-16(2)6-10-18;1-10-3-6-12(7-4-10)9-13-8-5-11(2)14(16)15(13)17;1-5-3-4-6(2)8(10)7(5)9;1-7-3-5-8(2)6-4-7;;;;;;/h3-12H,13-14H2,1-2H3;5,8,10,12H,3-4,6-7,9H2,1-2H3;3-4H,1H2,2H3;7-8H,1,3-6H2,2H3;5*1H4;/q;;2*-1;;;;;;+1. The van der Waals surface area contributed by atoms with E-state index in [0.717, 1.165) is 52.8 Å². The normalized spacial score (nSPS) is 16.9. The summed E-state index contributed by atoms with van der Waals surface area (Å²) < 4.78 is 81.1.